The van der Waals surface area contributed by atoms with Gasteiger partial charge in [0.2, 0.25) is 5.89 Å². The molecule has 28 heavy (non-hydrogen) atoms. The van der Waals surface area contributed by atoms with Crippen molar-refractivity contribution < 1.29 is 28.9 Å². The highest BCUT2D eigenvalue weighted by Gasteiger charge is 2.17. The molecule has 0 aliphatic heterocycles. The van der Waals surface area contributed by atoms with Crippen LogP contribution in [0.4, 0.5) is 0 Å². The smallest absolute Gasteiger partial charge is 0.342 e. The molecular formula is C19H16N2O6S. The molecule has 2 aromatic carbocycles. The molecule has 0 atom stereocenters. The molecule has 144 valence electrons. The average molecular weight is 400 g/mol. The Kier molecular flexibility index (Phi) is 5.85. The number of ether oxygens (including phenoxy) is 2. The number of phenolic OH excluding ortho intramolecular Hbond substituents is 1. The van der Waals surface area contributed by atoms with Crippen LogP contribution in [-0.4, -0.2) is 40.6 Å². The highest BCUT2D eigenvalue weighted by Crippen LogP contribution is 2.33. The molecule has 9 heteroatoms. The number of aliphatic carboxylic acids is 1. The number of aromatic nitrogens is 2. The van der Waals surface area contributed by atoms with E-state index in [1.54, 1.807) is 30.3 Å². The molecule has 3 rings (SSSR count). The van der Waals surface area contributed by atoms with E-state index in [1.807, 2.05) is 0 Å². The minimum Gasteiger partial charge on any atom is -0.508 e. The number of hydrogen-bond donors (Lipinski definition) is 2. The average Bonchev–Trinajstić information content (AvgIpc) is 3.17. The molecule has 1 heterocycles. The lowest BCUT2D eigenvalue weighted by Gasteiger charge is -2.05. The van der Waals surface area contributed by atoms with Crippen molar-refractivity contribution in [2.75, 3.05) is 14.2 Å². The van der Waals surface area contributed by atoms with Gasteiger partial charge in [-0.3, -0.25) is 0 Å². The van der Waals surface area contributed by atoms with Gasteiger partial charge >= 0.3 is 5.97 Å². The lowest BCUT2D eigenvalue weighted by atomic mass is 10.2. The number of nitrogens with zero attached hydrogens (tertiary/aromatic N) is 2. The molecular weight excluding hydrogens is 384 g/mol. The summed E-state index contributed by atoms with van der Waals surface area (Å²) in [4.78, 5) is 11.5. The third kappa shape index (κ3) is 4.63. The lowest BCUT2D eigenvalue weighted by Crippen LogP contribution is -1.96. The van der Waals surface area contributed by atoms with Crippen LogP contribution in [0.5, 0.6) is 17.2 Å². The van der Waals surface area contributed by atoms with Crippen LogP contribution in [0.1, 0.15) is 5.56 Å². The molecule has 0 spiro atoms. The number of aromatic hydroxyl groups is 1. The van der Waals surface area contributed by atoms with E-state index in [9.17, 15) is 15.0 Å². The topological polar surface area (TPSA) is 115 Å². The Labute approximate surface area is 164 Å². The van der Waals surface area contributed by atoms with Gasteiger partial charge in [0.25, 0.3) is 5.22 Å². The zero-order chi connectivity index (χ0) is 20.1. The first-order valence-corrected chi connectivity index (χ1v) is 8.79. The van der Waals surface area contributed by atoms with Gasteiger partial charge in [-0.05, 0) is 47.7 Å². The van der Waals surface area contributed by atoms with Crippen molar-refractivity contribution in [1.29, 1.82) is 0 Å². The second-order valence-corrected chi connectivity index (χ2v) is 6.47. The first-order valence-electron chi connectivity index (χ1n) is 7.97. The van der Waals surface area contributed by atoms with Crippen LogP contribution in [0, 0.1) is 0 Å². The Morgan fingerprint density at radius 1 is 1.07 bits per heavy atom. The van der Waals surface area contributed by atoms with Gasteiger partial charge in [-0.2, -0.15) is 0 Å². The van der Waals surface area contributed by atoms with Crippen molar-refractivity contribution in [1.82, 2.24) is 10.2 Å². The standard InChI is InChI=1S/C19H16N2O6S/c1-25-14-8-12(9-15(10-14)26-2)17-20-21-19(27-17)28-16(18(23)24)7-11-3-5-13(22)6-4-11/h3-10,22H,1-2H3,(H,23,24)/b16-7-. The van der Waals surface area contributed by atoms with Gasteiger partial charge in [0, 0.05) is 11.6 Å². The van der Waals surface area contributed by atoms with Crippen molar-refractivity contribution >= 4 is 23.8 Å². The Morgan fingerprint density at radius 2 is 1.71 bits per heavy atom. The molecule has 0 radical (unpaired) electrons. The summed E-state index contributed by atoms with van der Waals surface area (Å²) in [6, 6.07) is 11.2. The third-order valence-corrected chi connectivity index (χ3v) is 4.46. The monoisotopic (exact) mass is 400 g/mol. The number of thioether (sulfide) groups is 1. The number of rotatable bonds is 7. The van der Waals surface area contributed by atoms with Gasteiger partial charge < -0.3 is 24.1 Å². The van der Waals surface area contributed by atoms with Crippen LogP contribution in [0.15, 0.2) is 57.0 Å². The minimum absolute atomic E-state index is 0.0101. The minimum atomic E-state index is -1.14. The Morgan fingerprint density at radius 3 is 2.29 bits per heavy atom. The van der Waals surface area contributed by atoms with Crippen molar-refractivity contribution in [3.05, 3.63) is 52.9 Å². The Balaban J connectivity index is 1.86. The summed E-state index contributed by atoms with van der Waals surface area (Å²) in [6.07, 6.45) is 1.45. The highest BCUT2D eigenvalue weighted by molar-refractivity contribution is 8.03. The van der Waals surface area contributed by atoms with E-state index in [0.29, 0.717) is 22.6 Å². The number of hydrogen-bond acceptors (Lipinski definition) is 8. The molecule has 0 amide bonds. The summed E-state index contributed by atoms with van der Waals surface area (Å²) >= 11 is 0.828. The quantitative estimate of drug-likeness (QED) is 0.453. The van der Waals surface area contributed by atoms with Crippen LogP contribution in [0.3, 0.4) is 0 Å². The van der Waals surface area contributed by atoms with E-state index in [2.05, 4.69) is 10.2 Å². The molecule has 0 saturated heterocycles. The summed E-state index contributed by atoms with van der Waals surface area (Å²) in [7, 11) is 3.06. The van der Waals surface area contributed by atoms with Gasteiger partial charge in [-0.1, -0.05) is 12.1 Å². The fourth-order valence-electron chi connectivity index (χ4n) is 2.25. The normalized spacial score (nSPS) is 11.3. The maximum atomic E-state index is 11.6. The Hall–Kier alpha value is -3.46. The number of methoxy groups -OCH3 is 2. The largest absolute Gasteiger partial charge is 0.508 e. The maximum absolute atomic E-state index is 11.6. The van der Waals surface area contributed by atoms with E-state index in [-0.39, 0.29) is 21.8 Å². The highest BCUT2D eigenvalue weighted by atomic mass is 32.2. The molecule has 0 fully saturated rings. The molecule has 0 saturated carbocycles. The summed E-state index contributed by atoms with van der Waals surface area (Å²) in [5.74, 6) is 0.271. The zero-order valence-corrected chi connectivity index (χ0v) is 15.8. The number of phenols is 1. The molecule has 8 nitrogen and oxygen atoms in total. The van der Waals surface area contributed by atoms with Crippen molar-refractivity contribution in [3.8, 4) is 28.7 Å². The second kappa shape index (κ2) is 8.49. The van der Waals surface area contributed by atoms with E-state index in [4.69, 9.17) is 13.9 Å². The molecule has 1 aromatic heterocycles. The summed E-state index contributed by atoms with van der Waals surface area (Å²) in [5, 5.41) is 26.7. The molecule has 0 bridgehead atoms. The summed E-state index contributed by atoms with van der Waals surface area (Å²) < 4.78 is 16.0. The maximum Gasteiger partial charge on any atom is 0.342 e. The fraction of sp³-hybridized carbons (Fsp3) is 0.105. The predicted molar refractivity (Wildman–Crippen MR) is 102 cm³/mol. The third-order valence-electron chi connectivity index (χ3n) is 3.60. The summed E-state index contributed by atoms with van der Waals surface area (Å²) in [5.41, 5.74) is 1.19. The van der Waals surface area contributed by atoms with Crippen molar-refractivity contribution in [2.45, 2.75) is 5.22 Å². The lowest BCUT2D eigenvalue weighted by molar-refractivity contribution is -0.131. The number of carbonyl (C=O) groups is 1. The van der Waals surface area contributed by atoms with Gasteiger partial charge in [-0.25, -0.2) is 4.79 Å². The van der Waals surface area contributed by atoms with E-state index in [0.717, 1.165) is 11.8 Å². The first kappa shape index (κ1) is 19.3. The van der Waals surface area contributed by atoms with Crippen LogP contribution in [0.25, 0.3) is 17.5 Å². The van der Waals surface area contributed by atoms with Crippen LogP contribution >= 0.6 is 11.8 Å². The molecule has 2 N–H and O–H groups in total. The van der Waals surface area contributed by atoms with E-state index in [1.165, 1.54) is 32.4 Å². The summed E-state index contributed by atoms with van der Waals surface area (Å²) in [6.45, 7) is 0. The Bertz CT molecular complexity index is 991. The molecule has 0 unspecified atom stereocenters. The molecule has 3 aromatic rings. The van der Waals surface area contributed by atoms with Gasteiger partial charge in [0.1, 0.15) is 22.2 Å². The van der Waals surface area contributed by atoms with Crippen LogP contribution < -0.4 is 9.47 Å². The molecule has 0 aliphatic rings. The van der Waals surface area contributed by atoms with Crippen LogP contribution in [0.2, 0.25) is 0 Å². The SMILES string of the molecule is COc1cc(OC)cc(-c2nnc(S/C(=C\c3ccc(O)cc3)C(=O)O)o2)c1. The zero-order valence-electron chi connectivity index (χ0n) is 14.9. The van der Waals surface area contributed by atoms with E-state index < -0.39 is 5.97 Å². The van der Waals surface area contributed by atoms with Gasteiger partial charge in [0.15, 0.2) is 0 Å². The molecule has 0 aliphatic carbocycles. The number of carboxylic acid groups (broad SMARTS) is 1. The fourth-order valence-corrected chi connectivity index (χ4v) is 2.92. The van der Waals surface area contributed by atoms with Crippen LogP contribution in [-0.2, 0) is 4.79 Å². The second-order valence-electron chi connectivity index (χ2n) is 5.48. The van der Waals surface area contributed by atoms with Crippen molar-refractivity contribution in [3.63, 3.8) is 0 Å². The van der Waals surface area contributed by atoms with Gasteiger partial charge in [0.05, 0.1) is 14.2 Å². The van der Waals surface area contributed by atoms with E-state index >= 15 is 0 Å². The number of benzene rings is 2. The number of carboxylic acids is 1. The first-order chi connectivity index (χ1) is 13.5. The van der Waals surface area contributed by atoms with Gasteiger partial charge in [-0.15, -0.1) is 10.2 Å². The predicted octanol–water partition coefficient (Wildman–Crippen LogP) is 3.68. The van der Waals surface area contributed by atoms with Crippen molar-refractivity contribution in [2.24, 2.45) is 0 Å².